The van der Waals surface area contributed by atoms with E-state index in [-0.39, 0.29) is 11.1 Å². The number of phenolic OH excluding ortho intramolecular Hbond substituents is 1. The number of hydrogen-bond acceptors (Lipinski definition) is 13. The third kappa shape index (κ3) is 6.30. The van der Waals surface area contributed by atoms with Crippen LogP contribution in [-0.2, 0) is 47.6 Å². The Labute approximate surface area is 210 Å². The Morgan fingerprint density at radius 1 is 0.865 bits per heavy atom. The van der Waals surface area contributed by atoms with E-state index in [1.807, 2.05) is 0 Å². The number of benzene rings is 1. The van der Waals surface area contributed by atoms with Gasteiger partial charge < -0.3 is 33.5 Å². The fourth-order valence-electron chi connectivity index (χ4n) is 3.87. The highest BCUT2D eigenvalue weighted by Gasteiger charge is 2.54. The number of phenols is 1. The van der Waals surface area contributed by atoms with Crippen LogP contribution in [-0.4, -0.2) is 77.9 Å². The molecule has 1 heterocycles. The average Bonchev–Trinajstić information content (AvgIpc) is 2.78. The molecule has 0 saturated carbocycles. The Kier molecular flexibility index (Phi) is 8.28. The molecule has 1 saturated heterocycles. The lowest BCUT2D eigenvalue weighted by Crippen LogP contribution is -2.63. The van der Waals surface area contributed by atoms with Crippen molar-refractivity contribution in [2.24, 2.45) is 0 Å². The number of allylic oxidation sites excluding steroid dienone is 2. The van der Waals surface area contributed by atoms with Crippen LogP contribution in [0.15, 0.2) is 30.0 Å². The summed E-state index contributed by atoms with van der Waals surface area (Å²) >= 11 is 0. The maximum Gasteiger partial charge on any atom is 0.303 e. The lowest BCUT2D eigenvalue weighted by Gasteiger charge is -2.44. The summed E-state index contributed by atoms with van der Waals surface area (Å²) in [4.78, 5) is 72.7. The maximum atomic E-state index is 13.1. The van der Waals surface area contributed by atoms with Crippen molar-refractivity contribution in [2.75, 3.05) is 6.61 Å². The molecular formula is C24H24O13. The Bertz CT molecular complexity index is 1170. The Morgan fingerprint density at radius 2 is 1.46 bits per heavy atom. The van der Waals surface area contributed by atoms with E-state index >= 15 is 0 Å². The predicted octanol–water partition coefficient (Wildman–Crippen LogP) is 0.755. The number of rotatable bonds is 7. The molecular weight excluding hydrogens is 496 g/mol. The Hall–Kier alpha value is -4.26. The van der Waals surface area contributed by atoms with Gasteiger partial charge in [0, 0.05) is 39.3 Å². The molecule has 1 aliphatic carbocycles. The molecule has 1 aliphatic heterocycles. The van der Waals surface area contributed by atoms with E-state index in [4.69, 9.17) is 28.4 Å². The standard InChI is InChI=1S/C24H24O13/c1-10(25)32-9-18-21(33-11(2)26)22(34-12(3)27)23(35-13(4)28)24(37-18)36-17-8-16(30)14-6-5-7-15(29)19(14)20(17)31/h5-8,18,21-24,29H,9H2,1-4H3/t18-,21-,22+,23+,24-/m1/s1. The van der Waals surface area contributed by atoms with Crippen molar-refractivity contribution in [3.8, 4) is 5.75 Å². The van der Waals surface area contributed by atoms with E-state index in [1.54, 1.807) is 0 Å². The minimum absolute atomic E-state index is 0.0566. The molecule has 0 unspecified atom stereocenters. The fourth-order valence-corrected chi connectivity index (χ4v) is 3.87. The second-order valence-electron chi connectivity index (χ2n) is 8.09. The second-order valence-corrected chi connectivity index (χ2v) is 8.09. The van der Waals surface area contributed by atoms with E-state index in [2.05, 4.69) is 0 Å². The first-order valence-electron chi connectivity index (χ1n) is 11.0. The molecule has 1 N–H and O–H groups in total. The van der Waals surface area contributed by atoms with Gasteiger partial charge in [-0.2, -0.15) is 0 Å². The summed E-state index contributed by atoms with van der Waals surface area (Å²) in [6.45, 7) is 3.76. The molecule has 2 aliphatic rings. The van der Waals surface area contributed by atoms with Crippen molar-refractivity contribution < 1.29 is 62.3 Å². The SMILES string of the molecule is CC(=O)OC[C@H]1O[C@@H](OC2=CC(=O)c3cccc(O)c3C2=O)[C@@H](OC(C)=O)[C@@H](OC(C)=O)[C@@H]1OC(C)=O. The van der Waals surface area contributed by atoms with Crippen molar-refractivity contribution in [3.05, 3.63) is 41.2 Å². The van der Waals surface area contributed by atoms with Crippen LogP contribution in [0, 0.1) is 0 Å². The van der Waals surface area contributed by atoms with Crippen LogP contribution in [0.25, 0.3) is 0 Å². The van der Waals surface area contributed by atoms with Crippen LogP contribution >= 0.6 is 0 Å². The fraction of sp³-hybridized carbons (Fsp3) is 0.417. The molecule has 0 radical (unpaired) electrons. The molecule has 198 valence electrons. The first-order valence-corrected chi connectivity index (χ1v) is 11.0. The van der Waals surface area contributed by atoms with Crippen molar-refractivity contribution in [1.29, 1.82) is 0 Å². The molecule has 13 nitrogen and oxygen atoms in total. The highest BCUT2D eigenvalue weighted by Crippen LogP contribution is 2.34. The van der Waals surface area contributed by atoms with E-state index in [0.717, 1.165) is 33.8 Å². The van der Waals surface area contributed by atoms with Crippen LogP contribution in [0.2, 0.25) is 0 Å². The molecule has 37 heavy (non-hydrogen) atoms. The number of fused-ring (bicyclic) bond motifs is 1. The number of ether oxygens (including phenoxy) is 6. The zero-order valence-corrected chi connectivity index (χ0v) is 20.2. The third-order valence-corrected chi connectivity index (χ3v) is 5.21. The quantitative estimate of drug-likeness (QED) is 0.394. The molecule has 3 rings (SSSR count). The van der Waals surface area contributed by atoms with Gasteiger partial charge in [0.2, 0.25) is 18.2 Å². The summed E-state index contributed by atoms with van der Waals surface area (Å²) in [5.74, 6) is -5.83. The van der Waals surface area contributed by atoms with Gasteiger partial charge >= 0.3 is 23.9 Å². The zero-order chi connectivity index (χ0) is 27.4. The normalized spacial score (nSPS) is 24.8. The predicted molar refractivity (Wildman–Crippen MR) is 118 cm³/mol. The molecule has 1 fully saturated rings. The summed E-state index contributed by atoms with van der Waals surface area (Å²) in [6.07, 6.45) is -6.72. The van der Waals surface area contributed by atoms with E-state index in [9.17, 15) is 33.9 Å². The van der Waals surface area contributed by atoms with Gasteiger partial charge in [-0.25, -0.2) is 0 Å². The summed E-state index contributed by atoms with van der Waals surface area (Å²) in [5.41, 5.74) is -0.366. The number of hydrogen-bond donors (Lipinski definition) is 1. The Balaban J connectivity index is 2.03. The summed E-state index contributed by atoms with van der Waals surface area (Å²) < 4.78 is 32.2. The van der Waals surface area contributed by atoms with E-state index in [1.165, 1.54) is 18.2 Å². The highest BCUT2D eigenvalue weighted by atomic mass is 16.7. The van der Waals surface area contributed by atoms with Gasteiger partial charge in [-0.1, -0.05) is 12.1 Å². The van der Waals surface area contributed by atoms with Gasteiger partial charge in [-0.3, -0.25) is 28.8 Å². The summed E-state index contributed by atoms with van der Waals surface area (Å²) in [5, 5.41) is 10.2. The summed E-state index contributed by atoms with van der Waals surface area (Å²) in [7, 11) is 0. The number of aromatic hydroxyl groups is 1. The molecule has 0 bridgehead atoms. The van der Waals surface area contributed by atoms with Crippen LogP contribution in [0.1, 0.15) is 48.4 Å². The maximum absolute atomic E-state index is 13.1. The summed E-state index contributed by atoms with van der Waals surface area (Å²) in [6, 6.07) is 3.94. The van der Waals surface area contributed by atoms with Gasteiger partial charge in [0.15, 0.2) is 23.8 Å². The van der Waals surface area contributed by atoms with E-state index in [0.29, 0.717) is 0 Å². The van der Waals surface area contributed by atoms with Gasteiger partial charge in [0.1, 0.15) is 18.5 Å². The third-order valence-electron chi connectivity index (χ3n) is 5.21. The van der Waals surface area contributed by atoms with Crippen LogP contribution in [0.4, 0.5) is 0 Å². The molecule has 13 heteroatoms. The van der Waals surface area contributed by atoms with Crippen molar-refractivity contribution in [3.63, 3.8) is 0 Å². The van der Waals surface area contributed by atoms with Gasteiger partial charge in [-0.15, -0.1) is 0 Å². The molecule has 0 aromatic heterocycles. The molecule has 0 spiro atoms. The molecule has 1 aromatic carbocycles. The van der Waals surface area contributed by atoms with Crippen LogP contribution in [0.3, 0.4) is 0 Å². The van der Waals surface area contributed by atoms with Crippen molar-refractivity contribution in [2.45, 2.75) is 58.4 Å². The minimum atomic E-state index is -1.71. The highest BCUT2D eigenvalue weighted by molar-refractivity contribution is 6.24. The van der Waals surface area contributed by atoms with Gasteiger partial charge in [0.05, 0.1) is 5.56 Å². The number of esters is 4. The lowest BCUT2D eigenvalue weighted by atomic mass is 9.92. The lowest BCUT2D eigenvalue weighted by molar-refractivity contribution is -0.298. The molecule has 5 atom stereocenters. The average molecular weight is 520 g/mol. The van der Waals surface area contributed by atoms with Crippen molar-refractivity contribution in [1.82, 2.24) is 0 Å². The van der Waals surface area contributed by atoms with Crippen LogP contribution < -0.4 is 0 Å². The number of ketones is 2. The molecule has 1 aromatic rings. The molecule has 0 amide bonds. The first-order chi connectivity index (χ1) is 17.4. The van der Waals surface area contributed by atoms with Crippen LogP contribution in [0.5, 0.6) is 5.75 Å². The second kappa shape index (κ2) is 11.2. The van der Waals surface area contributed by atoms with Crippen molar-refractivity contribution >= 4 is 35.4 Å². The monoisotopic (exact) mass is 520 g/mol. The Morgan fingerprint density at radius 3 is 2.05 bits per heavy atom. The number of carbonyl (C=O) groups excluding carboxylic acids is 6. The zero-order valence-electron chi connectivity index (χ0n) is 20.2. The van der Waals surface area contributed by atoms with E-state index < -0.39 is 84.3 Å². The number of Topliss-reactive ketones (excluding diaryl/α,β-unsaturated/α-hetero) is 1. The van der Waals surface area contributed by atoms with Gasteiger partial charge in [0.25, 0.3) is 0 Å². The smallest absolute Gasteiger partial charge is 0.303 e. The van der Waals surface area contributed by atoms with Gasteiger partial charge in [-0.05, 0) is 6.07 Å². The minimum Gasteiger partial charge on any atom is -0.507 e. The first kappa shape index (κ1) is 27.3. The number of carbonyl (C=O) groups is 6. The topological polar surface area (TPSA) is 178 Å². The largest absolute Gasteiger partial charge is 0.507 e.